The summed E-state index contributed by atoms with van der Waals surface area (Å²) >= 11 is 1.54. The predicted octanol–water partition coefficient (Wildman–Crippen LogP) is 3.19. The quantitative estimate of drug-likeness (QED) is 0.641. The van der Waals surface area contributed by atoms with E-state index < -0.39 is 23.5 Å². The topological polar surface area (TPSA) is 29.5 Å². The minimum Gasteiger partial charge on any atom is -0.384 e. The smallest absolute Gasteiger partial charge is 0.366 e. The van der Waals surface area contributed by atoms with Crippen LogP contribution in [0, 0.1) is 0 Å². The normalized spacial score (nSPS) is 14.6. The Morgan fingerprint density at radius 2 is 1.72 bits per heavy atom. The van der Waals surface area contributed by atoms with E-state index in [1.807, 2.05) is 0 Å². The van der Waals surface area contributed by atoms with E-state index in [2.05, 4.69) is 0 Å². The van der Waals surface area contributed by atoms with E-state index in [0.29, 0.717) is 5.56 Å². The highest BCUT2D eigenvalue weighted by atomic mass is 79.9. The van der Waals surface area contributed by atoms with E-state index in [4.69, 9.17) is 9.84 Å². The van der Waals surface area contributed by atoms with Gasteiger partial charge in [0.2, 0.25) is 0 Å². The van der Waals surface area contributed by atoms with Gasteiger partial charge in [0.1, 0.15) is 6.10 Å². The second-order valence-electron chi connectivity index (χ2n) is 3.64. The first kappa shape index (κ1) is 15.4. The third kappa shape index (κ3) is 3.93. The highest BCUT2D eigenvalue weighted by molar-refractivity contribution is 9.10. The van der Waals surface area contributed by atoms with Gasteiger partial charge in [-0.25, -0.2) is 0 Å². The summed E-state index contributed by atoms with van der Waals surface area (Å²) in [5.74, 6) is -4.59. The molecule has 0 spiro atoms. The Kier molecular flexibility index (Phi) is 5.12. The number of benzene rings is 1. The molecule has 1 rings (SSSR count). The van der Waals surface area contributed by atoms with Crippen LogP contribution in [0.25, 0.3) is 0 Å². The van der Waals surface area contributed by atoms with Crippen molar-refractivity contribution in [3.63, 3.8) is 0 Å². The maximum atomic E-state index is 12.9. The number of hydrogen-bond acceptors (Lipinski definition) is 2. The number of hydrogen-bond donors (Lipinski definition) is 1. The Balaban J connectivity index is 2.45. The molecule has 0 heterocycles. The van der Waals surface area contributed by atoms with Crippen LogP contribution in [0.5, 0.6) is 0 Å². The highest BCUT2D eigenvalue weighted by Crippen LogP contribution is 2.41. The molecule has 1 atom stereocenters. The van der Waals surface area contributed by atoms with Crippen LogP contribution in [0.4, 0.5) is 17.6 Å². The first-order valence-electron chi connectivity index (χ1n) is 4.99. The van der Waals surface area contributed by atoms with E-state index in [0.717, 1.165) is 0 Å². The zero-order valence-electron chi connectivity index (χ0n) is 9.12. The van der Waals surface area contributed by atoms with E-state index in [1.54, 1.807) is 30.3 Å². The Bertz CT molecular complexity index is 367. The Morgan fingerprint density at radius 1 is 1.17 bits per heavy atom. The van der Waals surface area contributed by atoms with Gasteiger partial charge in [0, 0.05) is 0 Å². The molecule has 0 bridgehead atoms. The summed E-state index contributed by atoms with van der Waals surface area (Å²) in [5.41, 5.74) is 0.693. The summed E-state index contributed by atoms with van der Waals surface area (Å²) in [6.07, 6.45) is -2.59. The van der Waals surface area contributed by atoms with Crippen LogP contribution in [-0.4, -0.2) is 28.6 Å². The Labute approximate surface area is 110 Å². The highest BCUT2D eigenvalue weighted by Gasteiger charge is 2.59. The molecule has 1 N–H and O–H groups in total. The fourth-order valence-corrected chi connectivity index (χ4v) is 1.42. The van der Waals surface area contributed by atoms with Gasteiger partial charge < -0.3 is 9.84 Å². The molecule has 1 aromatic rings. The van der Waals surface area contributed by atoms with Crippen molar-refractivity contribution in [2.24, 2.45) is 0 Å². The van der Waals surface area contributed by atoms with Crippen LogP contribution in [0.3, 0.4) is 0 Å². The van der Waals surface area contributed by atoms with Gasteiger partial charge in [-0.2, -0.15) is 17.6 Å². The molecule has 2 nitrogen and oxygen atoms in total. The number of halogens is 5. The zero-order chi connectivity index (χ0) is 13.8. The van der Waals surface area contributed by atoms with Crippen molar-refractivity contribution in [1.29, 1.82) is 0 Å². The molecule has 7 heteroatoms. The fourth-order valence-electron chi connectivity index (χ4n) is 1.16. The first-order chi connectivity index (χ1) is 8.25. The number of alkyl halides is 5. The summed E-state index contributed by atoms with van der Waals surface area (Å²) in [6.45, 7) is -0.926. The maximum absolute atomic E-state index is 12.9. The molecule has 0 saturated carbocycles. The number of rotatable bonds is 6. The van der Waals surface area contributed by atoms with Crippen molar-refractivity contribution in [2.45, 2.75) is 23.5 Å². The average molecular weight is 331 g/mol. The van der Waals surface area contributed by atoms with Crippen molar-refractivity contribution >= 4 is 15.9 Å². The molecule has 0 aliphatic heterocycles. The van der Waals surface area contributed by atoms with Gasteiger partial charge in [-0.15, -0.1) is 0 Å². The number of aliphatic hydroxyl groups excluding tert-OH is 1. The molecule has 0 amide bonds. The Hall–Kier alpha value is -0.660. The maximum Gasteiger partial charge on any atom is 0.366 e. The second-order valence-corrected chi connectivity index (χ2v) is 4.63. The lowest BCUT2D eigenvalue weighted by molar-refractivity contribution is -0.217. The fraction of sp³-hybridized carbons (Fsp3) is 0.455. The molecule has 18 heavy (non-hydrogen) atoms. The summed E-state index contributed by atoms with van der Waals surface area (Å²) in [6, 6.07) is 8.57. The lowest BCUT2D eigenvalue weighted by Crippen LogP contribution is -2.48. The molecule has 0 aliphatic carbocycles. The lowest BCUT2D eigenvalue weighted by Gasteiger charge is -2.26. The van der Waals surface area contributed by atoms with Crippen LogP contribution < -0.4 is 0 Å². The van der Waals surface area contributed by atoms with E-state index in [9.17, 15) is 17.6 Å². The summed E-state index contributed by atoms with van der Waals surface area (Å²) in [7, 11) is 0. The average Bonchev–Trinajstić information content (AvgIpc) is 2.28. The monoisotopic (exact) mass is 330 g/mol. The van der Waals surface area contributed by atoms with Gasteiger partial charge in [0.05, 0.1) is 13.2 Å². The molecule has 0 aliphatic rings. The molecular weight excluding hydrogens is 320 g/mol. The number of ether oxygens (including phenoxy) is 1. The predicted molar refractivity (Wildman–Crippen MR) is 60.9 cm³/mol. The van der Waals surface area contributed by atoms with Crippen molar-refractivity contribution < 1.29 is 27.4 Å². The minimum absolute atomic E-state index is 0.0398. The van der Waals surface area contributed by atoms with Crippen LogP contribution >= 0.6 is 15.9 Å². The lowest BCUT2D eigenvalue weighted by atomic mass is 10.2. The standard InChI is InChI=1S/C11H11BrF4O2/c12-11(15,16)10(13,14)9(17)7-18-6-8-4-2-1-3-5-8/h1-5,9,17H,6-7H2/t9-/m1/s1. The molecular formula is C11H11BrF4O2. The summed E-state index contributed by atoms with van der Waals surface area (Å²) < 4.78 is 55.5. The van der Waals surface area contributed by atoms with Gasteiger partial charge >= 0.3 is 10.8 Å². The third-order valence-electron chi connectivity index (χ3n) is 2.18. The minimum atomic E-state index is -4.59. The van der Waals surface area contributed by atoms with Gasteiger partial charge in [0.15, 0.2) is 0 Å². The number of aliphatic hydroxyl groups is 1. The zero-order valence-corrected chi connectivity index (χ0v) is 10.7. The summed E-state index contributed by atoms with van der Waals surface area (Å²) in [5, 5.41) is 9.01. The van der Waals surface area contributed by atoms with Gasteiger partial charge in [-0.05, 0) is 21.5 Å². The van der Waals surface area contributed by atoms with Gasteiger partial charge in [-0.3, -0.25) is 0 Å². The van der Waals surface area contributed by atoms with Crippen LogP contribution in [0.2, 0.25) is 0 Å². The molecule has 0 unspecified atom stereocenters. The van der Waals surface area contributed by atoms with Crippen LogP contribution in [0.15, 0.2) is 30.3 Å². The molecule has 0 fully saturated rings. The summed E-state index contributed by atoms with van der Waals surface area (Å²) in [4.78, 5) is -4.48. The first-order valence-corrected chi connectivity index (χ1v) is 5.78. The SMILES string of the molecule is O[C@H](COCc1ccccc1)C(F)(F)C(F)(F)Br. The van der Waals surface area contributed by atoms with E-state index in [1.165, 1.54) is 15.9 Å². The molecule has 0 radical (unpaired) electrons. The Morgan fingerprint density at radius 3 is 2.22 bits per heavy atom. The van der Waals surface area contributed by atoms with E-state index in [-0.39, 0.29) is 6.61 Å². The van der Waals surface area contributed by atoms with Gasteiger partial charge in [0.25, 0.3) is 0 Å². The van der Waals surface area contributed by atoms with Crippen LogP contribution in [-0.2, 0) is 11.3 Å². The molecule has 0 saturated heterocycles. The molecule has 0 aromatic heterocycles. The van der Waals surface area contributed by atoms with Gasteiger partial charge in [-0.1, -0.05) is 30.3 Å². The third-order valence-corrected chi connectivity index (χ3v) is 2.71. The molecule has 102 valence electrons. The second kappa shape index (κ2) is 5.99. The van der Waals surface area contributed by atoms with E-state index >= 15 is 0 Å². The molecule has 1 aromatic carbocycles. The van der Waals surface area contributed by atoms with Crippen LogP contribution in [0.1, 0.15) is 5.56 Å². The van der Waals surface area contributed by atoms with Crippen molar-refractivity contribution in [3.8, 4) is 0 Å². The van der Waals surface area contributed by atoms with Crippen molar-refractivity contribution in [2.75, 3.05) is 6.61 Å². The van der Waals surface area contributed by atoms with Crippen molar-refractivity contribution in [3.05, 3.63) is 35.9 Å². The largest absolute Gasteiger partial charge is 0.384 e. The van der Waals surface area contributed by atoms with Crippen molar-refractivity contribution in [1.82, 2.24) is 0 Å².